The molecular formula is C9H15F3N2O4. The van der Waals surface area contributed by atoms with Crippen LogP contribution >= 0.6 is 0 Å². The third-order valence-corrected chi connectivity index (χ3v) is 1.71. The van der Waals surface area contributed by atoms with Gasteiger partial charge in [0.25, 0.3) is 0 Å². The summed E-state index contributed by atoms with van der Waals surface area (Å²) >= 11 is 0. The molecule has 106 valence electrons. The number of hydrogen-bond donors (Lipinski definition) is 3. The Morgan fingerprint density at radius 1 is 1.39 bits per heavy atom. The minimum Gasteiger partial charge on any atom is -0.480 e. The molecule has 3 N–H and O–H groups in total. The minimum absolute atomic E-state index is 0.0550. The first-order chi connectivity index (χ1) is 8.22. The van der Waals surface area contributed by atoms with E-state index in [0.29, 0.717) is 0 Å². The van der Waals surface area contributed by atoms with Gasteiger partial charge in [0.2, 0.25) is 5.91 Å². The summed E-state index contributed by atoms with van der Waals surface area (Å²) in [6.45, 7) is -0.416. The number of aliphatic carboxylic acids is 1. The summed E-state index contributed by atoms with van der Waals surface area (Å²) in [5, 5.41) is 13.4. The molecule has 6 nitrogen and oxygen atoms in total. The molecule has 0 fully saturated rings. The molecule has 1 amide bonds. The van der Waals surface area contributed by atoms with Crippen LogP contribution in [0, 0.1) is 0 Å². The minimum atomic E-state index is -4.38. The van der Waals surface area contributed by atoms with Crippen molar-refractivity contribution in [1.82, 2.24) is 10.6 Å². The first kappa shape index (κ1) is 16.6. The Hall–Kier alpha value is -1.35. The van der Waals surface area contributed by atoms with E-state index in [1.165, 1.54) is 6.92 Å². The van der Waals surface area contributed by atoms with Crippen molar-refractivity contribution >= 4 is 11.9 Å². The summed E-state index contributed by atoms with van der Waals surface area (Å²) in [4.78, 5) is 21.3. The zero-order valence-electron chi connectivity index (χ0n) is 9.71. The zero-order chi connectivity index (χ0) is 14.2. The molecule has 0 aromatic carbocycles. The van der Waals surface area contributed by atoms with Gasteiger partial charge in [-0.25, -0.2) is 4.79 Å². The van der Waals surface area contributed by atoms with Crippen molar-refractivity contribution in [1.29, 1.82) is 0 Å². The van der Waals surface area contributed by atoms with E-state index in [4.69, 9.17) is 5.11 Å². The second-order valence-electron chi connectivity index (χ2n) is 3.46. The van der Waals surface area contributed by atoms with Gasteiger partial charge in [-0.2, -0.15) is 13.2 Å². The number of rotatable bonds is 8. The van der Waals surface area contributed by atoms with Crippen LogP contribution in [-0.2, 0) is 14.3 Å². The maximum absolute atomic E-state index is 11.7. The van der Waals surface area contributed by atoms with Crippen LogP contribution in [0.1, 0.15) is 6.92 Å². The molecule has 0 saturated heterocycles. The highest BCUT2D eigenvalue weighted by Crippen LogP contribution is 2.13. The molecule has 0 saturated carbocycles. The van der Waals surface area contributed by atoms with E-state index < -0.39 is 30.7 Å². The summed E-state index contributed by atoms with van der Waals surface area (Å²) in [6, 6.07) is -1.12. The molecule has 18 heavy (non-hydrogen) atoms. The summed E-state index contributed by atoms with van der Waals surface area (Å²) in [6.07, 6.45) is -4.38. The van der Waals surface area contributed by atoms with Gasteiger partial charge in [0.1, 0.15) is 12.6 Å². The van der Waals surface area contributed by atoms with E-state index in [9.17, 15) is 22.8 Å². The lowest BCUT2D eigenvalue weighted by Gasteiger charge is -2.14. The van der Waals surface area contributed by atoms with Crippen molar-refractivity contribution < 1.29 is 32.6 Å². The fourth-order valence-corrected chi connectivity index (χ4v) is 1.02. The number of ether oxygens (including phenoxy) is 1. The molecule has 0 bridgehead atoms. The number of carbonyl (C=O) groups is 2. The Kier molecular flexibility index (Phi) is 7.29. The highest BCUT2D eigenvalue weighted by molar-refractivity contribution is 5.82. The van der Waals surface area contributed by atoms with Crippen molar-refractivity contribution in [3.8, 4) is 0 Å². The largest absolute Gasteiger partial charge is 0.480 e. The lowest BCUT2D eigenvalue weighted by Crippen LogP contribution is -2.47. The van der Waals surface area contributed by atoms with Crippen LogP contribution < -0.4 is 10.6 Å². The number of alkyl halides is 3. The van der Waals surface area contributed by atoms with E-state index >= 15 is 0 Å². The van der Waals surface area contributed by atoms with Crippen LogP contribution in [0.4, 0.5) is 13.2 Å². The first-order valence-electron chi connectivity index (χ1n) is 5.07. The Morgan fingerprint density at radius 3 is 2.44 bits per heavy atom. The maximum Gasteiger partial charge on any atom is 0.411 e. The zero-order valence-corrected chi connectivity index (χ0v) is 9.71. The Labute approximate surface area is 101 Å². The normalized spacial score (nSPS) is 13.1. The van der Waals surface area contributed by atoms with Crippen molar-refractivity contribution in [2.24, 2.45) is 0 Å². The van der Waals surface area contributed by atoms with Gasteiger partial charge in [-0.15, -0.1) is 0 Å². The fraction of sp³-hybridized carbons (Fsp3) is 0.778. The van der Waals surface area contributed by atoms with E-state index in [1.54, 1.807) is 0 Å². The van der Waals surface area contributed by atoms with Gasteiger partial charge in [-0.05, 0) is 0 Å². The third-order valence-electron chi connectivity index (χ3n) is 1.71. The third kappa shape index (κ3) is 9.85. The molecule has 0 aliphatic heterocycles. The van der Waals surface area contributed by atoms with Gasteiger partial charge in [0.15, 0.2) is 0 Å². The highest BCUT2D eigenvalue weighted by Gasteiger charge is 2.27. The molecule has 0 heterocycles. The van der Waals surface area contributed by atoms with Crippen molar-refractivity contribution in [3.63, 3.8) is 0 Å². The number of carboxylic acids is 1. The van der Waals surface area contributed by atoms with Gasteiger partial charge in [0, 0.05) is 20.0 Å². The van der Waals surface area contributed by atoms with Gasteiger partial charge in [-0.3, -0.25) is 4.79 Å². The van der Waals surface area contributed by atoms with Crippen LogP contribution in [0.3, 0.4) is 0 Å². The van der Waals surface area contributed by atoms with E-state index in [-0.39, 0.29) is 19.7 Å². The number of carbonyl (C=O) groups excluding carboxylic acids is 1. The monoisotopic (exact) mass is 272 g/mol. The fourth-order valence-electron chi connectivity index (χ4n) is 1.02. The second kappa shape index (κ2) is 7.88. The molecule has 1 atom stereocenters. The average molecular weight is 272 g/mol. The lowest BCUT2D eigenvalue weighted by atomic mass is 10.3. The standard InChI is InChI=1S/C9H15F3N2O4/c1-6(15)14-7(8(16)17)4-13-2-3-18-5-9(10,11)12/h7,13H,2-5H2,1H3,(H,14,15)(H,16,17). The molecule has 0 aromatic rings. The SMILES string of the molecule is CC(=O)NC(CNCCOCC(F)(F)F)C(=O)O. The summed E-state index contributed by atoms with van der Waals surface area (Å²) in [5.74, 6) is -1.73. The van der Waals surface area contributed by atoms with Crippen LogP contribution in [0.15, 0.2) is 0 Å². The molecule has 9 heteroatoms. The van der Waals surface area contributed by atoms with E-state index in [1.807, 2.05) is 0 Å². The Bertz CT molecular complexity index is 283. The molecule has 1 unspecified atom stereocenters. The number of nitrogens with one attached hydrogen (secondary N) is 2. The summed E-state index contributed by atoms with van der Waals surface area (Å²) < 4.78 is 39.3. The molecular weight excluding hydrogens is 257 g/mol. The lowest BCUT2D eigenvalue weighted by molar-refractivity contribution is -0.173. The summed E-state index contributed by atoms with van der Waals surface area (Å²) in [7, 11) is 0. The summed E-state index contributed by atoms with van der Waals surface area (Å²) in [5.41, 5.74) is 0. The van der Waals surface area contributed by atoms with Crippen LogP contribution in [0.2, 0.25) is 0 Å². The molecule has 0 aliphatic rings. The second-order valence-corrected chi connectivity index (χ2v) is 3.46. The number of amides is 1. The topological polar surface area (TPSA) is 87.7 Å². The number of carboxylic acid groups (broad SMARTS) is 1. The van der Waals surface area contributed by atoms with Crippen LogP contribution in [0.25, 0.3) is 0 Å². The van der Waals surface area contributed by atoms with Crippen molar-refractivity contribution in [2.75, 3.05) is 26.3 Å². The van der Waals surface area contributed by atoms with Crippen molar-refractivity contribution in [2.45, 2.75) is 19.1 Å². The maximum atomic E-state index is 11.7. The van der Waals surface area contributed by atoms with Crippen LogP contribution in [-0.4, -0.2) is 55.5 Å². The van der Waals surface area contributed by atoms with E-state index in [2.05, 4.69) is 15.4 Å². The molecule has 0 rings (SSSR count). The number of halogens is 3. The predicted octanol–water partition coefficient (Wildman–Crippen LogP) is -0.256. The molecule has 0 spiro atoms. The van der Waals surface area contributed by atoms with Crippen LogP contribution in [0.5, 0.6) is 0 Å². The number of hydrogen-bond acceptors (Lipinski definition) is 4. The molecule has 0 radical (unpaired) electrons. The smallest absolute Gasteiger partial charge is 0.411 e. The van der Waals surface area contributed by atoms with Gasteiger partial charge in [-0.1, -0.05) is 0 Å². The Morgan fingerprint density at radius 2 is 2.00 bits per heavy atom. The highest BCUT2D eigenvalue weighted by atomic mass is 19.4. The predicted molar refractivity (Wildman–Crippen MR) is 55.0 cm³/mol. The van der Waals surface area contributed by atoms with Gasteiger partial charge < -0.3 is 20.5 Å². The van der Waals surface area contributed by atoms with E-state index in [0.717, 1.165) is 0 Å². The van der Waals surface area contributed by atoms with Crippen molar-refractivity contribution in [3.05, 3.63) is 0 Å². The Balaban J connectivity index is 3.68. The van der Waals surface area contributed by atoms with Gasteiger partial charge in [0.05, 0.1) is 6.61 Å². The first-order valence-corrected chi connectivity index (χ1v) is 5.07. The van der Waals surface area contributed by atoms with Gasteiger partial charge >= 0.3 is 12.1 Å². The average Bonchev–Trinajstić information content (AvgIpc) is 2.18. The molecule has 0 aromatic heterocycles. The quantitative estimate of drug-likeness (QED) is 0.530. The molecule has 0 aliphatic carbocycles.